The predicted molar refractivity (Wildman–Crippen MR) is 85.6 cm³/mol. The third-order valence-corrected chi connectivity index (χ3v) is 6.31. The van der Waals surface area contributed by atoms with Crippen molar-refractivity contribution in [2.45, 2.75) is 0 Å². The normalized spacial score (nSPS) is 13.3. The summed E-state index contributed by atoms with van der Waals surface area (Å²) in [6.07, 6.45) is 0. The number of ketones is 1. The van der Waals surface area contributed by atoms with E-state index in [4.69, 9.17) is 21.1 Å². The fourth-order valence-corrected chi connectivity index (χ4v) is 4.06. The van der Waals surface area contributed by atoms with E-state index in [0.29, 0.717) is 40.2 Å². The molecule has 1 aromatic heterocycles. The van der Waals surface area contributed by atoms with Gasteiger partial charge in [0.2, 0.25) is 5.78 Å². The lowest BCUT2D eigenvalue weighted by Crippen LogP contribution is -2.16. The molecule has 1 aliphatic heterocycles. The van der Waals surface area contributed by atoms with Crippen LogP contribution in [0, 0.1) is 0 Å². The number of thiophene rings is 1. The van der Waals surface area contributed by atoms with E-state index in [1.54, 1.807) is 18.2 Å². The summed E-state index contributed by atoms with van der Waals surface area (Å²) in [5.41, 5.74) is 0.414. The van der Waals surface area contributed by atoms with Crippen molar-refractivity contribution in [1.29, 1.82) is 0 Å². The van der Waals surface area contributed by atoms with Crippen LogP contribution in [-0.2, 0) is 0 Å². The molecule has 3 nitrogen and oxygen atoms in total. The molecule has 2 heterocycles. The molecule has 3 rings (SSSR count). The highest BCUT2D eigenvalue weighted by Crippen LogP contribution is 2.38. The fraction of sp³-hybridized carbons (Fsp3) is 0.154. The van der Waals surface area contributed by atoms with Gasteiger partial charge in [0, 0.05) is 16.1 Å². The predicted octanol–water partition coefficient (Wildman–Crippen LogP) is 4.93. The lowest BCUT2D eigenvalue weighted by molar-refractivity contribution is 0.104. The van der Waals surface area contributed by atoms with Crippen LogP contribution >= 0.6 is 54.8 Å². The summed E-state index contributed by atoms with van der Waals surface area (Å²) in [7, 11) is 0. The van der Waals surface area contributed by atoms with Crippen molar-refractivity contribution in [2.24, 2.45) is 0 Å². The number of ether oxygens (including phenoxy) is 2. The monoisotopic (exact) mass is 436 g/mol. The minimum atomic E-state index is -0.136. The van der Waals surface area contributed by atoms with Crippen LogP contribution in [0.5, 0.6) is 11.5 Å². The molecule has 7 heteroatoms. The molecule has 2 aromatic rings. The van der Waals surface area contributed by atoms with Crippen molar-refractivity contribution in [1.82, 2.24) is 0 Å². The molecule has 0 atom stereocenters. The molecule has 0 unspecified atom stereocenters. The maximum atomic E-state index is 12.5. The van der Waals surface area contributed by atoms with Crippen molar-refractivity contribution >= 4 is 60.6 Å². The largest absolute Gasteiger partial charge is 0.486 e. The standard InChI is InChI=1S/C13H7Br2ClO3S/c14-7-4-11(20-13(7)15)12(17)6-3-9-10(5-8(6)16)19-2-1-18-9/h3-5H,1-2H2. The average Bonchev–Trinajstić information content (AvgIpc) is 2.77. The van der Waals surface area contributed by atoms with Crippen molar-refractivity contribution < 1.29 is 14.3 Å². The Kier molecular flexibility index (Phi) is 4.08. The van der Waals surface area contributed by atoms with Gasteiger partial charge in [0.05, 0.1) is 13.7 Å². The topological polar surface area (TPSA) is 35.5 Å². The molecular weight excluding hydrogens is 431 g/mol. The van der Waals surface area contributed by atoms with Crippen LogP contribution in [0.2, 0.25) is 5.02 Å². The molecule has 0 saturated carbocycles. The highest BCUT2D eigenvalue weighted by Gasteiger charge is 2.21. The molecule has 0 radical (unpaired) electrons. The van der Waals surface area contributed by atoms with Crippen molar-refractivity contribution in [3.8, 4) is 11.5 Å². The molecule has 20 heavy (non-hydrogen) atoms. The minimum Gasteiger partial charge on any atom is -0.486 e. The Labute approximate surface area is 141 Å². The molecule has 0 fully saturated rings. The summed E-state index contributed by atoms with van der Waals surface area (Å²) in [4.78, 5) is 13.1. The Morgan fingerprint density at radius 3 is 2.40 bits per heavy atom. The first-order valence-electron chi connectivity index (χ1n) is 5.65. The molecular formula is C13H7Br2ClO3S. The van der Waals surface area contributed by atoms with Crippen LogP contribution in [0.4, 0.5) is 0 Å². The van der Waals surface area contributed by atoms with Gasteiger partial charge < -0.3 is 9.47 Å². The maximum Gasteiger partial charge on any atom is 0.204 e. The van der Waals surface area contributed by atoms with Gasteiger partial charge in [-0.15, -0.1) is 11.3 Å². The lowest BCUT2D eigenvalue weighted by atomic mass is 10.1. The lowest BCUT2D eigenvalue weighted by Gasteiger charge is -2.19. The number of carbonyl (C=O) groups excluding carboxylic acids is 1. The van der Waals surface area contributed by atoms with E-state index in [9.17, 15) is 4.79 Å². The molecule has 0 amide bonds. The zero-order chi connectivity index (χ0) is 14.3. The average molecular weight is 439 g/mol. The van der Waals surface area contributed by atoms with Crippen LogP contribution in [0.15, 0.2) is 26.5 Å². The SMILES string of the molecule is O=C(c1cc(Br)c(Br)s1)c1cc2c(cc1Cl)OCCO2. The first kappa shape index (κ1) is 14.4. The Morgan fingerprint density at radius 1 is 1.15 bits per heavy atom. The van der Waals surface area contributed by atoms with Crippen molar-refractivity contribution in [2.75, 3.05) is 13.2 Å². The van der Waals surface area contributed by atoms with E-state index >= 15 is 0 Å². The van der Waals surface area contributed by atoms with Gasteiger partial charge in [-0.3, -0.25) is 4.79 Å². The third-order valence-electron chi connectivity index (χ3n) is 2.75. The third kappa shape index (κ3) is 2.62. The number of hydrogen-bond acceptors (Lipinski definition) is 4. The van der Waals surface area contributed by atoms with E-state index in [1.807, 2.05) is 0 Å². The van der Waals surface area contributed by atoms with Gasteiger partial charge in [-0.1, -0.05) is 11.6 Å². The summed E-state index contributed by atoms with van der Waals surface area (Å²) in [6, 6.07) is 5.03. The quantitative estimate of drug-likeness (QED) is 0.624. The summed E-state index contributed by atoms with van der Waals surface area (Å²) in [5, 5.41) is 0.361. The number of carbonyl (C=O) groups is 1. The number of hydrogen-bond donors (Lipinski definition) is 0. The number of rotatable bonds is 2. The maximum absolute atomic E-state index is 12.5. The van der Waals surface area contributed by atoms with Gasteiger partial charge in [-0.2, -0.15) is 0 Å². The van der Waals surface area contributed by atoms with Gasteiger partial charge in [-0.05, 0) is 44.0 Å². The first-order chi connectivity index (χ1) is 9.56. The Hall–Kier alpha value is -0.560. The van der Waals surface area contributed by atoms with E-state index in [0.717, 1.165) is 8.26 Å². The van der Waals surface area contributed by atoms with Gasteiger partial charge in [0.25, 0.3) is 0 Å². The smallest absolute Gasteiger partial charge is 0.204 e. The van der Waals surface area contributed by atoms with Crippen LogP contribution in [-0.4, -0.2) is 19.0 Å². The molecule has 0 aliphatic carbocycles. The highest BCUT2D eigenvalue weighted by atomic mass is 79.9. The summed E-state index contributed by atoms with van der Waals surface area (Å²) >= 11 is 14.3. The molecule has 1 aliphatic rings. The van der Waals surface area contributed by atoms with E-state index in [2.05, 4.69) is 31.9 Å². The first-order valence-corrected chi connectivity index (χ1v) is 8.43. The summed E-state index contributed by atoms with van der Waals surface area (Å²) in [5.74, 6) is 0.994. The molecule has 0 saturated heterocycles. The van der Waals surface area contributed by atoms with Gasteiger partial charge in [0.15, 0.2) is 11.5 Å². The highest BCUT2D eigenvalue weighted by molar-refractivity contribution is 9.13. The molecule has 0 N–H and O–H groups in total. The molecule has 1 aromatic carbocycles. The zero-order valence-corrected chi connectivity index (χ0v) is 14.7. The Bertz CT molecular complexity index is 680. The minimum absolute atomic E-state index is 0.136. The van der Waals surface area contributed by atoms with Crippen LogP contribution in [0.3, 0.4) is 0 Å². The van der Waals surface area contributed by atoms with Gasteiger partial charge >= 0.3 is 0 Å². The van der Waals surface area contributed by atoms with Gasteiger partial charge in [0.1, 0.15) is 13.2 Å². The zero-order valence-electron chi connectivity index (χ0n) is 9.91. The molecule has 0 bridgehead atoms. The second-order valence-corrected chi connectivity index (χ2v) is 7.67. The molecule has 104 valence electrons. The van der Waals surface area contributed by atoms with Crippen LogP contribution in [0.25, 0.3) is 0 Å². The van der Waals surface area contributed by atoms with Crippen molar-refractivity contribution in [3.05, 3.63) is 41.9 Å². The van der Waals surface area contributed by atoms with Crippen LogP contribution in [0.1, 0.15) is 15.2 Å². The molecule has 0 spiro atoms. The number of halogens is 3. The number of fused-ring (bicyclic) bond motifs is 1. The van der Waals surface area contributed by atoms with Gasteiger partial charge in [-0.25, -0.2) is 0 Å². The second-order valence-electron chi connectivity index (χ2n) is 4.04. The second kappa shape index (κ2) is 5.67. The van der Waals surface area contributed by atoms with Crippen molar-refractivity contribution in [3.63, 3.8) is 0 Å². The Balaban J connectivity index is 2.03. The fourth-order valence-electron chi connectivity index (χ4n) is 1.83. The summed E-state index contributed by atoms with van der Waals surface area (Å²) in [6.45, 7) is 0.958. The van der Waals surface area contributed by atoms with E-state index in [1.165, 1.54) is 11.3 Å². The summed E-state index contributed by atoms with van der Waals surface area (Å²) < 4.78 is 12.6. The van der Waals surface area contributed by atoms with E-state index < -0.39 is 0 Å². The Morgan fingerprint density at radius 2 is 1.80 bits per heavy atom. The van der Waals surface area contributed by atoms with E-state index in [-0.39, 0.29) is 5.78 Å². The van der Waals surface area contributed by atoms with Crippen LogP contribution < -0.4 is 9.47 Å². The number of benzene rings is 1.